The molecule has 4 nitrogen and oxygen atoms in total. The summed E-state index contributed by atoms with van der Waals surface area (Å²) in [6.45, 7) is 3.41. The molecule has 31 heavy (non-hydrogen) atoms. The Kier molecular flexibility index (Phi) is 7.08. The van der Waals surface area contributed by atoms with Gasteiger partial charge in [0.2, 0.25) is 5.91 Å². The number of halogens is 1. The summed E-state index contributed by atoms with van der Waals surface area (Å²) in [6.07, 6.45) is 0. The van der Waals surface area contributed by atoms with Crippen LogP contribution in [0, 0.1) is 17.7 Å². The minimum atomic E-state index is -1.24. The van der Waals surface area contributed by atoms with Gasteiger partial charge in [0.1, 0.15) is 17.5 Å². The van der Waals surface area contributed by atoms with Crippen molar-refractivity contribution in [3.8, 4) is 0 Å². The molecule has 3 aromatic rings. The van der Waals surface area contributed by atoms with E-state index < -0.39 is 35.3 Å². The lowest BCUT2D eigenvalue weighted by molar-refractivity contribution is -0.133. The molecular formula is C26H24FNO3. The molecule has 0 aliphatic rings. The molecule has 158 valence electrons. The summed E-state index contributed by atoms with van der Waals surface area (Å²) >= 11 is 0. The number of carbonyl (C=O) groups excluding carboxylic acids is 3. The maximum absolute atomic E-state index is 13.5. The van der Waals surface area contributed by atoms with E-state index in [4.69, 9.17) is 0 Å². The lowest BCUT2D eigenvalue weighted by Crippen LogP contribution is -2.40. The van der Waals surface area contributed by atoms with Crippen molar-refractivity contribution in [2.75, 3.05) is 5.32 Å². The van der Waals surface area contributed by atoms with Crippen molar-refractivity contribution in [1.82, 2.24) is 0 Å². The Labute approximate surface area is 181 Å². The largest absolute Gasteiger partial charge is 0.325 e. The van der Waals surface area contributed by atoms with Crippen molar-refractivity contribution >= 4 is 23.2 Å². The number of nitrogens with one attached hydrogen (secondary N) is 1. The molecule has 0 aliphatic carbocycles. The Morgan fingerprint density at radius 1 is 0.774 bits per heavy atom. The molecule has 0 saturated carbocycles. The predicted molar refractivity (Wildman–Crippen MR) is 118 cm³/mol. The first-order valence-electron chi connectivity index (χ1n) is 10.1. The molecule has 3 rings (SSSR count). The molecule has 0 heterocycles. The number of ketones is 2. The van der Waals surface area contributed by atoms with Crippen LogP contribution in [-0.2, 0) is 9.59 Å². The van der Waals surface area contributed by atoms with Crippen LogP contribution in [0.15, 0.2) is 84.9 Å². The quantitative estimate of drug-likeness (QED) is 0.401. The SMILES string of the molecule is CC(C)C(=O)[C@@H](C(=O)Nc1ccccc1)[C@H](C(=O)c1ccc(F)cc1)c1ccccc1. The van der Waals surface area contributed by atoms with Gasteiger partial charge in [0.05, 0.1) is 5.92 Å². The van der Waals surface area contributed by atoms with Gasteiger partial charge in [-0.1, -0.05) is 62.4 Å². The lowest BCUT2D eigenvalue weighted by Gasteiger charge is -2.26. The predicted octanol–water partition coefficient (Wildman–Crippen LogP) is 5.27. The fourth-order valence-corrected chi connectivity index (χ4v) is 3.49. The van der Waals surface area contributed by atoms with Crippen molar-refractivity contribution in [3.05, 3.63) is 102 Å². The zero-order valence-corrected chi connectivity index (χ0v) is 17.4. The average Bonchev–Trinajstić information content (AvgIpc) is 2.78. The molecule has 0 spiro atoms. The third-order valence-corrected chi connectivity index (χ3v) is 5.10. The molecule has 2 atom stereocenters. The van der Waals surface area contributed by atoms with Gasteiger partial charge in [0.25, 0.3) is 0 Å². The van der Waals surface area contributed by atoms with E-state index in [-0.39, 0.29) is 11.3 Å². The maximum Gasteiger partial charge on any atom is 0.236 e. The summed E-state index contributed by atoms with van der Waals surface area (Å²) in [7, 11) is 0. The Balaban J connectivity index is 2.08. The smallest absolute Gasteiger partial charge is 0.236 e. The highest BCUT2D eigenvalue weighted by Crippen LogP contribution is 2.32. The third-order valence-electron chi connectivity index (χ3n) is 5.10. The number of benzene rings is 3. The summed E-state index contributed by atoms with van der Waals surface area (Å²) in [5.41, 5.74) is 1.33. The van der Waals surface area contributed by atoms with Crippen LogP contribution in [0.5, 0.6) is 0 Å². The van der Waals surface area contributed by atoms with Gasteiger partial charge in [0, 0.05) is 17.2 Å². The highest BCUT2D eigenvalue weighted by molar-refractivity contribution is 6.14. The van der Waals surface area contributed by atoms with Gasteiger partial charge in [-0.2, -0.15) is 0 Å². The standard InChI is InChI=1S/C26H24FNO3/c1-17(2)24(29)23(26(31)28-21-11-7-4-8-12-21)22(18-9-5-3-6-10-18)25(30)19-13-15-20(27)16-14-19/h3-17,22-23H,1-2H3,(H,28,31)/t22-,23+/m1/s1. The van der Waals surface area contributed by atoms with E-state index in [9.17, 15) is 18.8 Å². The molecule has 5 heteroatoms. The molecule has 1 amide bonds. The summed E-state index contributed by atoms with van der Waals surface area (Å²) in [4.78, 5) is 40.1. The molecule has 0 unspecified atom stereocenters. The minimum Gasteiger partial charge on any atom is -0.325 e. The van der Waals surface area contributed by atoms with Gasteiger partial charge in [-0.15, -0.1) is 0 Å². The number of hydrogen-bond donors (Lipinski definition) is 1. The van der Waals surface area contributed by atoms with Crippen LogP contribution in [0.2, 0.25) is 0 Å². The average molecular weight is 417 g/mol. The van der Waals surface area contributed by atoms with Crippen molar-refractivity contribution in [3.63, 3.8) is 0 Å². The van der Waals surface area contributed by atoms with E-state index in [0.717, 1.165) is 0 Å². The fourth-order valence-electron chi connectivity index (χ4n) is 3.49. The molecule has 0 bridgehead atoms. The number of amides is 1. The van der Waals surface area contributed by atoms with Crippen LogP contribution < -0.4 is 5.32 Å². The van der Waals surface area contributed by atoms with Crippen LogP contribution in [0.25, 0.3) is 0 Å². The van der Waals surface area contributed by atoms with Gasteiger partial charge in [0.15, 0.2) is 5.78 Å². The highest BCUT2D eigenvalue weighted by Gasteiger charge is 2.41. The molecule has 0 radical (unpaired) electrons. The maximum atomic E-state index is 13.5. The van der Waals surface area contributed by atoms with Crippen LogP contribution >= 0.6 is 0 Å². The molecule has 1 N–H and O–H groups in total. The monoisotopic (exact) mass is 417 g/mol. The van der Waals surface area contributed by atoms with Crippen LogP contribution in [-0.4, -0.2) is 17.5 Å². The number of hydrogen-bond acceptors (Lipinski definition) is 3. The van der Waals surface area contributed by atoms with Gasteiger partial charge >= 0.3 is 0 Å². The van der Waals surface area contributed by atoms with Gasteiger partial charge in [-0.3, -0.25) is 14.4 Å². The first-order chi connectivity index (χ1) is 14.9. The normalized spacial score (nSPS) is 12.8. The zero-order chi connectivity index (χ0) is 22.4. The van der Waals surface area contributed by atoms with Gasteiger partial charge in [-0.05, 0) is 42.0 Å². The Morgan fingerprint density at radius 2 is 1.32 bits per heavy atom. The number of carbonyl (C=O) groups is 3. The Hall–Kier alpha value is -3.60. The van der Waals surface area contributed by atoms with Crippen LogP contribution in [0.3, 0.4) is 0 Å². The second-order valence-electron chi connectivity index (χ2n) is 7.65. The summed E-state index contributed by atoms with van der Waals surface area (Å²) in [5, 5.41) is 2.77. The Morgan fingerprint density at radius 3 is 1.87 bits per heavy atom. The Bertz CT molecular complexity index is 1050. The molecule has 0 saturated heterocycles. The minimum absolute atomic E-state index is 0.240. The van der Waals surface area contributed by atoms with E-state index in [0.29, 0.717) is 11.3 Å². The second-order valence-corrected chi connectivity index (χ2v) is 7.65. The van der Waals surface area contributed by atoms with Crippen LogP contribution in [0.4, 0.5) is 10.1 Å². The lowest BCUT2D eigenvalue weighted by atomic mass is 9.75. The number of rotatable bonds is 8. The van der Waals surface area contributed by atoms with E-state index in [1.165, 1.54) is 24.3 Å². The van der Waals surface area contributed by atoms with E-state index in [1.807, 2.05) is 6.07 Å². The molecule has 0 fully saturated rings. The summed E-state index contributed by atoms with van der Waals surface area (Å²) in [6, 6.07) is 22.7. The van der Waals surface area contributed by atoms with Crippen molar-refractivity contribution < 1.29 is 18.8 Å². The first kappa shape index (κ1) is 22.1. The number of Topliss-reactive ketones (excluding diaryl/α,β-unsaturated/α-hetero) is 2. The molecule has 3 aromatic carbocycles. The van der Waals surface area contributed by atoms with Crippen LogP contribution in [0.1, 0.15) is 35.7 Å². The highest BCUT2D eigenvalue weighted by atomic mass is 19.1. The van der Waals surface area contributed by atoms with E-state index >= 15 is 0 Å². The van der Waals surface area contributed by atoms with Gasteiger partial charge < -0.3 is 5.32 Å². The zero-order valence-electron chi connectivity index (χ0n) is 17.4. The molecule has 0 aromatic heterocycles. The van der Waals surface area contributed by atoms with E-state index in [2.05, 4.69) is 5.32 Å². The number of anilines is 1. The van der Waals surface area contributed by atoms with E-state index in [1.54, 1.807) is 68.4 Å². The fraction of sp³-hybridized carbons (Fsp3) is 0.192. The second kappa shape index (κ2) is 9.94. The third kappa shape index (κ3) is 5.31. The molecule has 0 aliphatic heterocycles. The molecular weight excluding hydrogens is 393 g/mol. The van der Waals surface area contributed by atoms with Crippen molar-refractivity contribution in [2.45, 2.75) is 19.8 Å². The topological polar surface area (TPSA) is 63.2 Å². The van der Waals surface area contributed by atoms with Crippen molar-refractivity contribution in [1.29, 1.82) is 0 Å². The first-order valence-corrected chi connectivity index (χ1v) is 10.1. The summed E-state index contributed by atoms with van der Waals surface area (Å²) in [5.74, 6) is -4.49. The van der Waals surface area contributed by atoms with Gasteiger partial charge in [-0.25, -0.2) is 4.39 Å². The number of para-hydroxylation sites is 1. The summed E-state index contributed by atoms with van der Waals surface area (Å²) < 4.78 is 13.4. The van der Waals surface area contributed by atoms with Crippen molar-refractivity contribution in [2.24, 2.45) is 11.8 Å².